The number of hydrogen-bond donors (Lipinski definition) is 1. The van der Waals surface area contributed by atoms with Crippen LogP contribution in [0.3, 0.4) is 0 Å². The molecule has 4 aromatic rings. The summed E-state index contributed by atoms with van der Waals surface area (Å²) < 4.78 is 52.4. The highest BCUT2D eigenvalue weighted by molar-refractivity contribution is 9.10. The summed E-state index contributed by atoms with van der Waals surface area (Å²) in [6.07, 6.45) is 0. The van der Waals surface area contributed by atoms with E-state index in [0.717, 1.165) is 0 Å². The van der Waals surface area contributed by atoms with Gasteiger partial charge in [-0.05, 0) is 58.4 Å². The number of carbonyl (C=O) groups excluding carboxylic acids is 1. The topological polar surface area (TPSA) is 85.6 Å². The molecule has 0 aliphatic carbocycles. The number of methoxy groups -OCH3 is 1. The van der Waals surface area contributed by atoms with E-state index >= 15 is 0 Å². The molecule has 9 heteroatoms. The molecule has 0 aliphatic heterocycles. The zero-order chi connectivity index (χ0) is 22.2. The molecule has 1 heterocycles. The maximum Gasteiger partial charge on any atom is 0.342 e. The first-order chi connectivity index (χ1) is 14.8. The number of hydrogen-bond acceptors (Lipinski definition) is 5. The van der Waals surface area contributed by atoms with E-state index in [1.54, 1.807) is 24.3 Å². The summed E-state index contributed by atoms with van der Waals surface area (Å²) in [6, 6.07) is 16.4. The van der Waals surface area contributed by atoms with Crippen LogP contribution in [0.2, 0.25) is 0 Å². The Balaban J connectivity index is 1.85. The highest BCUT2D eigenvalue weighted by atomic mass is 79.9. The first-order valence-electron chi connectivity index (χ1n) is 8.98. The van der Waals surface area contributed by atoms with Gasteiger partial charge in [0, 0.05) is 21.5 Å². The van der Waals surface area contributed by atoms with Crippen LogP contribution in [0.15, 0.2) is 80.5 Å². The monoisotopic (exact) mass is 503 g/mol. The van der Waals surface area contributed by atoms with Gasteiger partial charge in [0.15, 0.2) is 0 Å². The van der Waals surface area contributed by atoms with Gasteiger partial charge in [0.2, 0.25) is 0 Å². The normalized spacial score (nSPS) is 11.5. The third kappa shape index (κ3) is 4.06. The predicted octanol–water partition coefficient (Wildman–Crippen LogP) is 5.59. The highest BCUT2D eigenvalue weighted by Gasteiger charge is 2.25. The Kier molecular flexibility index (Phi) is 5.55. The number of esters is 1. The van der Waals surface area contributed by atoms with Gasteiger partial charge in [-0.3, -0.25) is 4.72 Å². The molecule has 1 aromatic heterocycles. The van der Waals surface area contributed by atoms with Gasteiger partial charge < -0.3 is 9.15 Å². The summed E-state index contributed by atoms with van der Waals surface area (Å²) in [4.78, 5) is 12.6. The van der Waals surface area contributed by atoms with Gasteiger partial charge in [-0.15, -0.1) is 0 Å². The molecule has 0 aliphatic rings. The fourth-order valence-electron chi connectivity index (χ4n) is 3.11. The number of nitrogens with one attached hydrogen (secondary N) is 1. The predicted molar refractivity (Wildman–Crippen MR) is 118 cm³/mol. The van der Waals surface area contributed by atoms with E-state index in [9.17, 15) is 17.6 Å². The molecular weight excluding hydrogens is 489 g/mol. The lowest BCUT2D eigenvalue weighted by atomic mass is 10.1. The van der Waals surface area contributed by atoms with Gasteiger partial charge in [-0.25, -0.2) is 17.6 Å². The molecule has 1 N–H and O–H groups in total. The number of benzene rings is 3. The summed E-state index contributed by atoms with van der Waals surface area (Å²) in [7, 11) is -2.60. The number of fused-ring (bicyclic) bond motifs is 1. The van der Waals surface area contributed by atoms with Crippen LogP contribution in [-0.4, -0.2) is 21.5 Å². The molecule has 0 saturated heterocycles. The van der Waals surface area contributed by atoms with Crippen molar-refractivity contribution in [1.29, 1.82) is 0 Å². The van der Waals surface area contributed by atoms with Gasteiger partial charge in [-0.1, -0.05) is 18.2 Å². The third-order valence-corrected chi connectivity index (χ3v) is 6.61. The Morgan fingerprint density at radius 2 is 1.74 bits per heavy atom. The van der Waals surface area contributed by atoms with Crippen molar-refractivity contribution in [2.24, 2.45) is 0 Å². The molecule has 0 spiro atoms. The Labute approximate surface area is 185 Å². The first-order valence-corrected chi connectivity index (χ1v) is 11.3. The fourth-order valence-corrected chi connectivity index (χ4v) is 4.77. The van der Waals surface area contributed by atoms with Crippen LogP contribution in [0.5, 0.6) is 0 Å². The summed E-state index contributed by atoms with van der Waals surface area (Å²) in [6.45, 7) is 0. The SMILES string of the molecule is COC(=O)c1c(-c2ccc(F)cc2)oc2cc(NS(=O)(=O)c3ccccc3)c(Br)cc12. The van der Waals surface area contributed by atoms with Crippen molar-refractivity contribution in [3.63, 3.8) is 0 Å². The van der Waals surface area contributed by atoms with Crippen molar-refractivity contribution in [3.8, 4) is 11.3 Å². The summed E-state index contributed by atoms with van der Waals surface area (Å²) >= 11 is 3.35. The number of sulfonamides is 1. The molecule has 0 bridgehead atoms. The molecule has 31 heavy (non-hydrogen) atoms. The van der Waals surface area contributed by atoms with E-state index in [1.165, 1.54) is 49.6 Å². The smallest absolute Gasteiger partial charge is 0.342 e. The Hall–Kier alpha value is -3.17. The first kappa shape index (κ1) is 21.1. The second-order valence-corrected chi connectivity index (χ2v) is 9.09. The van der Waals surface area contributed by atoms with Crippen LogP contribution in [0.4, 0.5) is 10.1 Å². The van der Waals surface area contributed by atoms with Gasteiger partial charge in [0.25, 0.3) is 10.0 Å². The molecule has 158 valence electrons. The van der Waals surface area contributed by atoms with Crippen LogP contribution in [0.1, 0.15) is 10.4 Å². The van der Waals surface area contributed by atoms with Crippen molar-refractivity contribution < 1.29 is 26.8 Å². The zero-order valence-electron chi connectivity index (χ0n) is 16.1. The van der Waals surface area contributed by atoms with E-state index in [2.05, 4.69) is 20.7 Å². The molecule has 0 radical (unpaired) electrons. The average Bonchev–Trinajstić information content (AvgIpc) is 3.12. The molecule has 4 rings (SSSR count). The molecule has 0 unspecified atom stereocenters. The second-order valence-electron chi connectivity index (χ2n) is 6.55. The molecule has 0 amide bonds. The quantitative estimate of drug-likeness (QED) is 0.359. The van der Waals surface area contributed by atoms with Gasteiger partial charge in [-0.2, -0.15) is 0 Å². The van der Waals surface area contributed by atoms with Gasteiger partial charge >= 0.3 is 5.97 Å². The largest absolute Gasteiger partial charge is 0.465 e. The molecule has 3 aromatic carbocycles. The van der Waals surface area contributed by atoms with E-state index in [-0.39, 0.29) is 27.5 Å². The Morgan fingerprint density at radius 3 is 2.39 bits per heavy atom. The van der Waals surface area contributed by atoms with E-state index in [0.29, 0.717) is 15.4 Å². The number of carbonyl (C=O) groups is 1. The number of rotatable bonds is 5. The molecule has 0 atom stereocenters. The highest BCUT2D eigenvalue weighted by Crippen LogP contribution is 2.39. The summed E-state index contributed by atoms with van der Waals surface area (Å²) in [5.74, 6) is -0.876. The molecule has 0 fully saturated rings. The second kappa shape index (κ2) is 8.16. The van der Waals surface area contributed by atoms with Crippen molar-refractivity contribution in [3.05, 3.63) is 82.6 Å². The summed E-state index contributed by atoms with van der Waals surface area (Å²) in [5, 5.41) is 0.417. The van der Waals surface area contributed by atoms with Crippen LogP contribution >= 0.6 is 15.9 Å². The maximum atomic E-state index is 13.3. The number of anilines is 1. The Bertz CT molecular complexity index is 1380. The fraction of sp³-hybridized carbons (Fsp3) is 0.0455. The minimum atomic E-state index is -3.84. The van der Waals surface area contributed by atoms with Crippen LogP contribution in [0.25, 0.3) is 22.3 Å². The maximum absolute atomic E-state index is 13.3. The van der Waals surface area contributed by atoms with E-state index in [4.69, 9.17) is 9.15 Å². The minimum absolute atomic E-state index is 0.101. The van der Waals surface area contributed by atoms with Crippen molar-refractivity contribution in [1.82, 2.24) is 0 Å². The minimum Gasteiger partial charge on any atom is -0.465 e. The Morgan fingerprint density at radius 1 is 1.06 bits per heavy atom. The van der Waals surface area contributed by atoms with E-state index in [1.807, 2.05) is 0 Å². The zero-order valence-corrected chi connectivity index (χ0v) is 18.5. The number of ether oxygens (including phenoxy) is 1. The van der Waals surface area contributed by atoms with Gasteiger partial charge in [0.05, 0.1) is 17.7 Å². The molecule has 6 nitrogen and oxygen atoms in total. The van der Waals surface area contributed by atoms with Gasteiger partial charge in [0.1, 0.15) is 22.7 Å². The molecule has 0 saturated carbocycles. The van der Waals surface area contributed by atoms with Crippen LogP contribution < -0.4 is 4.72 Å². The average molecular weight is 504 g/mol. The van der Waals surface area contributed by atoms with Crippen molar-refractivity contribution >= 4 is 48.6 Å². The van der Waals surface area contributed by atoms with E-state index < -0.39 is 21.8 Å². The third-order valence-electron chi connectivity index (χ3n) is 4.57. The standard InChI is InChI=1S/C22H15BrFNO5S/c1-29-22(26)20-16-11-17(23)18(25-31(27,28)15-5-3-2-4-6-15)12-19(16)30-21(20)13-7-9-14(24)10-8-13/h2-12,25H,1H3. The lowest BCUT2D eigenvalue weighted by molar-refractivity contribution is 0.0603. The summed E-state index contributed by atoms with van der Waals surface area (Å²) in [5.41, 5.74) is 1.11. The lowest BCUT2D eigenvalue weighted by Gasteiger charge is -2.10. The number of furan rings is 1. The van der Waals surface area contributed by atoms with Crippen LogP contribution in [-0.2, 0) is 14.8 Å². The van der Waals surface area contributed by atoms with Crippen molar-refractivity contribution in [2.75, 3.05) is 11.8 Å². The molecular formula is C22H15BrFNO5S. The van der Waals surface area contributed by atoms with Crippen molar-refractivity contribution in [2.45, 2.75) is 4.90 Å². The number of halogens is 2. The lowest BCUT2D eigenvalue weighted by Crippen LogP contribution is -2.13. The van der Waals surface area contributed by atoms with Crippen LogP contribution in [0, 0.1) is 5.82 Å².